The predicted octanol–water partition coefficient (Wildman–Crippen LogP) is 3.84. The minimum atomic E-state index is -0.263. The molecular weight excluding hydrogens is 232 g/mol. The van der Waals surface area contributed by atoms with Crippen LogP contribution in [0, 0.1) is 13.8 Å². The van der Waals surface area contributed by atoms with Crippen molar-refractivity contribution in [2.24, 2.45) is 0 Å². The number of aryl methyl sites for hydroxylation is 3. The Kier molecular flexibility index (Phi) is 4.75. The highest BCUT2D eigenvalue weighted by Crippen LogP contribution is 2.13. The summed E-state index contributed by atoms with van der Waals surface area (Å²) in [6.45, 7) is 4.21. The zero-order valence-corrected chi connectivity index (χ0v) is 11.8. The van der Waals surface area contributed by atoms with Gasteiger partial charge in [-0.1, -0.05) is 54.1 Å². The van der Waals surface area contributed by atoms with Crippen molar-refractivity contribution in [1.29, 1.82) is 0 Å². The molecule has 0 bridgehead atoms. The molecule has 2 aromatic rings. The summed E-state index contributed by atoms with van der Waals surface area (Å²) in [7, 11) is 0. The van der Waals surface area contributed by atoms with E-state index in [0.717, 1.165) is 19.3 Å². The summed E-state index contributed by atoms with van der Waals surface area (Å²) < 4.78 is 0. The first-order valence-electron chi connectivity index (χ1n) is 6.93. The van der Waals surface area contributed by atoms with E-state index >= 15 is 0 Å². The van der Waals surface area contributed by atoms with Gasteiger partial charge < -0.3 is 5.11 Å². The molecule has 1 N–H and O–H groups in total. The molecule has 0 saturated carbocycles. The molecule has 0 heterocycles. The highest BCUT2D eigenvalue weighted by molar-refractivity contribution is 5.26. The van der Waals surface area contributed by atoms with Gasteiger partial charge in [0.25, 0.3) is 0 Å². The summed E-state index contributed by atoms with van der Waals surface area (Å²) in [4.78, 5) is 0. The predicted molar refractivity (Wildman–Crippen MR) is 80.4 cm³/mol. The zero-order valence-electron chi connectivity index (χ0n) is 11.8. The van der Waals surface area contributed by atoms with Crippen molar-refractivity contribution in [3.05, 3.63) is 70.8 Å². The lowest BCUT2D eigenvalue weighted by Crippen LogP contribution is -2.12. The lowest BCUT2D eigenvalue weighted by molar-refractivity contribution is 0.165. The van der Waals surface area contributed by atoms with Crippen molar-refractivity contribution in [1.82, 2.24) is 0 Å². The Morgan fingerprint density at radius 2 is 1.79 bits per heavy atom. The van der Waals surface area contributed by atoms with Gasteiger partial charge in [-0.3, -0.25) is 0 Å². The van der Waals surface area contributed by atoms with Gasteiger partial charge >= 0.3 is 0 Å². The van der Waals surface area contributed by atoms with E-state index in [1.165, 1.54) is 22.3 Å². The van der Waals surface area contributed by atoms with Gasteiger partial charge in [-0.2, -0.15) is 0 Å². The average Bonchev–Trinajstić information content (AvgIpc) is 2.38. The summed E-state index contributed by atoms with van der Waals surface area (Å²) >= 11 is 0. The van der Waals surface area contributed by atoms with Crippen LogP contribution < -0.4 is 0 Å². The number of hydrogen-bond acceptors (Lipinski definition) is 1. The third-order valence-corrected chi connectivity index (χ3v) is 3.56. The standard InChI is InChI=1S/C18H22O/c1-14-6-5-8-16(12-14)13-18(19)11-10-17-9-4-3-7-15(17)2/h3-9,12,18-19H,10-11,13H2,1-2H3. The largest absolute Gasteiger partial charge is 0.393 e. The van der Waals surface area contributed by atoms with Crippen molar-refractivity contribution >= 4 is 0 Å². The normalized spacial score (nSPS) is 12.4. The molecule has 19 heavy (non-hydrogen) atoms. The number of rotatable bonds is 5. The molecular formula is C18H22O. The fraction of sp³-hybridized carbons (Fsp3) is 0.333. The van der Waals surface area contributed by atoms with E-state index in [1.54, 1.807) is 0 Å². The minimum absolute atomic E-state index is 0.263. The van der Waals surface area contributed by atoms with Gasteiger partial charge in [-0.05, 0) is 49.8 Å². The number of aliphatic hydroxyl groups excluding tert-OH is 1. The smallest absolute Gasteiger partial charge is 0.0583 e. The third-order valence-electron chi connectivity index (χ3n) is 3.56. The maximum absolute atomic E-state index is 10.1. The van der Waals surface area contributed by atoms with E-state index in [4.69, 9.17) is 0 Å². The second-order valence-electron chi connectivity index (χ2n) is 5.31. The fourth-order valence-corrected chi connectivity index (χ4v) is 2.43. The SMILES string of the molecule is Cc1cccc(CC(O)CCc2ccccc2C)c1. The van der Waals surface area contributed by atoms with E-state index in [-0.39, 0.29) is 6.10 Å². The van der Waals surface area contributed by atoms with Crippen molar-refractivity contribution in [2.75, 3.05) is 0 Å². The maximum Gasteiger partial charge on any atom is 0.0583 e. The summed E-state index contributed by atoms with van der Waals surface area (Å²) in [5.74, 6) is 0. The van der Waals surface area contributed by atoms with Gasteiger partial charge in [0.05, 0.1) is 6.10 Å². The first-order valence-corrected chi connectivity index (χ1v) is 6.93. The Balaban J connectivity index is 1.88. The molecule has 0 aliphatic carbocycles. The molecule has 1 atom stereocenters. The number of aliphatic hydroxyl groups is 1. The lowest BCUT2D eigenvalue weighted by atomic mass is 9.98. The van der Waals surface area contributed by atoms with E-state index in [1.807, 2.05) is 0 Å². The molecule has 1 unspecified atom stereocenters. The number of benzene rings is 2. The molecule has 0 aliphatic heterocycles. The molecule has 1 heteroatoms. The van der Waals surface area contributed by atoms with Gasteiger partial charge in [-0.25, -0.2) is 0 Å². The van der Waals surface area contributed by atoms with E-state index in [9.17, 15) is 5.11 Å². The molecule has 0 saturated heterocycles. The van der Waals surface area contributed by atoms with E-state index < -0.39 is 0 Å². The second-order valence-corrected chi connectivity index (χ2v) is 5.31. The van der Waals surface area contributed by atoms with Crippen LogP contribution in [-0.2, 0) is 12.8 Å². The molecule has 0 aliphatic rings. The van der Waals surface area contributed by atoms with Crippen molar-refractivity contribution < 1.29 is 5.11 Å². The Bertz CT molecular complexity index is 531. The van der Waals surface area contributed by atoms with Crippen LogP contribution in [0.3, 0.4) is 0 Å². The van der Waals surface area contributed by atoms with E-state index in [0.29, 0.717) is 0 Å². The Morgan fingerprint density at radius 1 is 1.00 bits per heavy atom. The average molecular weight is 254 g/mol. The van der Waals surface area contributed by atoms with Crippen LogP contribution in [0.4, 0.5) is 0 Å². The Morgan fingerprint density at radius 3 is 2.53 bits per heavy atom. The summed E-state index contributed by atoms with van der Waals surface area (Å²) in [6.07, 6.45) is 2.24. The highest BCUT2D eigenvalue weighted by atomic mass is 16.3. The van der Waals surface area contributed by atoms with Crippen LogP contribution in [0.25, 0.3) is 0 Å². The van der Waals surface area contributed by atoms with Crippen LogP contribution in [0.2, 0.25) is 0 Å². The topological polar surface area (TPSA) is 20.2 Å². The number of hydrogen-bond donors (Lipinski definition) is 1. The van der Waals surface area contributed by atoms with Crippen LogP contribution in [0.15, 0.2) is 48.5 Å². The maximum atomic E-state index is 10.1. The molecule has 0 amide bonds. The van der Waals surface area contributed by atoms with Crippen LogP contribution >= 0.6 is 0 Å². The lowest BCUT2D eigenvalue weighted by Gasteiger charge is -2.12. The van der Waals surface area contributed by atoms with Gasteiger partial charge in [-0.15, -0.1) is 0 Å². The van der Waals surface area contributed by atoms with Crippen molar-refractivity contribution in [3.63, 3.8) is 0 Å². The van der Waals surface area contributed by atoms with Crippen LogP contribution in [-0.4, -0.2) is 11.2 Å². The third kappa shape index (κ3) is 4.22. The van der Waals surface area contributed by atoms with Crippen molar-refractivity contribution in [3.8, 4) is 0 Å². The van der Waals surface area contributed by atoms with Gasteiger partial charge in [0.15, 0.2) is 0 Å². The Hall–Kier alpha value is -1.60. The molecule has 0 fully saturated rings. The van der Waals surface area contributed by atoms with Gasteiger partial charge in [0, 0.05) is 0 Å². The molecule has 100 valence electrons. The van der Waals surface area contributed by atoms with E-state index in [2.05, 4.69) is 62.4 Å². The first kappa shape index (κ1) is 13.8. The molecule has 2 rings (SSSR count). The molecule has 0 spiro atoms. The molecule has 0 radical (unpaired) electrons. The molecule has 1 nitrogen and oxygen atoms in total. The van der Waals surface area contributed by atoms with Gasteiger partial charge in [0.1, 0.15) is 0 Å². The summed E-state index contributed by atoms with van der Waals surface area (Å²) in [5, 5.41) is 10.1. The molecule has 2 aromatic carbocycles. The first-order chi connectivity index (χ1) is 9.15. The Labute approximate surface area is 115 Å². The quantitative estimate of drug-likeness (QED) is 0.859. The monoisotopic (exact) mass is 254 g/mol. The molecule has 0 aromatic heterocycles. The highest BCUT2D eigenvalue weighted by Gasteiger charge is 2.07. The summed E-state index contributed by atoms with van der Waals surface area (Å²) in [5.41, 5.74) is 5.12. The van der Waals surface area contributed by atoms with Crippen LogP contribution in [0.1, 0.15) is 28.7 Å². The van der Waals surface area contributed by atoms with Gasteiger partial charge in [0.2, 0.25) is 0 Å². The van der Waals surface area contributed by atoms with Crippen molar-refractivity contribution in [2.45, 2.75) is 39.2 Å². The van der Waals surface area contributed by atoms with Crippen LogP contribution in [0.5, 0.6) is 0 Å². The fourth-order valence-electron chi connectivity index (χ4n) is 2.43. The second kappa shape index (κ2) is 6.53. The summed E-state index contributed by atoms with van der Waals surface area (Å²) in [6, 6.07) is 16.8. The zero-order chi connectivity index (χ0) is 13.7. The minimum Gasteiger partial charge on any atom is -0.393 e.